The molecule has 0 aliphatic carbocycles. The number of thioether (sulfide) groups is 1. The third-order valence-corrected chi connectivity index (χ3v) is 3.75. The van der Waals surface area contributed by atoms with Crippen LogP contribution >= 0.6 is 11.8 Å². The Balaban J connectivity index is 2.27. The summed E-state index contributed by atoms with van der Waals surface area (Å²) in [6.07, 6.45) is 1.79. The van der Waals surface area contributed by atoms with E-state index in [2.05, 4.69) is 4.99 Å². The predicted octanol–water partition coefficient (Wildman–Crippen LogP) is 2.77. The molecule has 1 heterocycles. The zero-order chi connectivity index (χ0) is 12.3. The van der Waals surface area contributed by atoms with E-state index < -0.39 is 0 Å². The minimum Gasteiger partial charge on any atom is -0.343 e. The van der Waals surface area contributed by atoms with Crippen LogP contribution in [0, 0.1) is 17.3 Å². The Morgan fingerprint density at radius 3 is 3.00 bits per heavy atom. The number of aliphatic imine (C=N–C) groups is 1. The summed E-state index contributed by atoms with van der Waals surface area (Å²) in [5.74, 6) is 0.674. The number of hydrogen-bond donors (Lipinski definition) is 0. The maximum absolute atomic E-state index is 13.7. The van der Waals surface area contributed by atoms with Crippen LogP contribution in [0.1, 0.15) is 18.5 Å². The highest BCUT2D eigenvalue weighted by Gasteiger charge is 2.26. The molecular weight excluding hydrogens is 237 g/mol. The number of hydrogen-bond acceptors (Lipinski definition) is 3. The number of amidine groups is 1. The molecule has 1 aromatic carbocycles. The van der Waals surface area contributed by atoms with Gasteiger partial charge in [-0.05, 0) is 13.0 Å². The summed E-state index contributed by atoms with van der Waals surface area (Å²) >= 11 is 1.53. The fourth-order valence-corrected chi connectivity index (χ4v) is 2.89. The van der Waals surface area contributed by atoms with Crippen LogP contribution in [0.5, 0.6) is 0 Å². The van der Waals surface area contributed by atoms with E-state index >= 15 is 0 Å². The summed E-state index contributed by atoms with van der Waals surface area (Å²) in [6, 6.07) is 6.62. The average Bonchev–Trinajstić information content (AvgIpc) is 2.78. The molecule has 1 fully saturated rings. The van der Waals surface area contributed by atoms with Crippen LogP contribution in [-0.4, -0.2) is 22.4 Å². The third-order valence-electron chi connectivity index (χ3n) is 2.78. The Kier molecular flexibility index (Phi) is 3.64. The zero-order valence-electron chi connectivity index (χ0n) is 9.43. The van der Waals surface area contributed by atoms with Crippen LogP contribution in [0.3, 0.4) is 0 Å². The Labute approximate surface area is 104 Å². The van der Waals surface area contributed by atoms with Crippen LogP contribution in [0.25, 0.3) is 0 Å². The van der Waals surface area contributed by atoms with Crippen LogP contribution in [0.15, 0.2) is 29.3 Å². The quantitative estimate of drug-likeness (QED) is 0.757. The first kappa shape index (κ1) is 11.9. The molecule has 17 heavy (non-hydrogen) atoms. The van der Waals surface area contributed by atoms with Crippen molar-refractivity contribution in [3.63, 3.8) is 0 Å². The SMILES string of the molecule is CC(c1ccccc1F)N1CCSC1=NC#N. The summed E-state index contributed by atoms with van der Waals surface area (Å²) in [7, 11) is 0. The molecule has 2 rings (SSSR count). The first-order valence-corrected chi connectivity index (χ1v) is 6.33. The second kappa shape index (κ2) is 5.19. The van der Waals surface area contributed by atoms with Gasteiger partial charge in [-0.3, -0.25) is 0 Å². The van der Waals surface area contributed by atoms with E-state index in [4.69, 9.17) is 5.26 Å². The average molecular weight is 249 g/mol. The van der Waals surface area contributed by atoms with Crippen molar-refractivity contribution >= 4 is 16.9 Å². The Bertz CT molecular complexity index is 481. The van der Waals surface area contributed by atoms with E-state index in [0.29, 0.717) is 10.7 Å². The standard InChI is InChI=1S/C12H12FN3S/c1-9(10-4-2-3-5-11(10)13)16-6-7-17-12(16)15-8-14/h2-5,9H,6-7H2,1H3. The number of benzene rings is 1. The minimum absolute atomic E-state index is 0.0988. The molecule has 1 aromatic rings. The molecule has 1 aliphatic rings. The van der Waals surface area contributed by atoms with Crippen LogP contribution in [-0.2, 0) is 0 Å². The van der Waals surface area contributed by atoms with Crippen molar-refractivity contribution in [2.45, 2.75) is 13.0 Å². The minimum atomic E-state index is -0.215. The fraction of sp³-hybridized carbons (Fsp3) is 0.333. The van der Waals surface area contributed by atoms with Crippen molar-refractivity contribution in [3.05, 3.63) is 35.6 Å². The van der Waals surface area contributed by atoms with Gasteiger partial charge in [0.2, 0.25) is 6.19 Å². The molecular formula is C12H12FN3S. The summed E-state index contributed by atoms with van der Waals surface area (Å²) in [5, 5.41) is 9.28. The predicted molar refractivity (Wildman–Crippen MR) is 67.0 cm³/mol. The van der Waals surface area contributed by atoms with Gasteiger partial charge in [0.15, 0.2) is 5.17 Å². The molecule has 1 aliphatic heterocycles. The van der Waals surface area contributed by atoms with Gasteiger partial charge >= 0.3 is 0 Å². The third kappa shape index (κ3) is 2.42. The van der Waals surface area contributed by atoms with Crippen molar-refractivity contribution < 1.29 is 4.39 Å². The molecule has 0 saturated carbocycles. The number of nitrogens with zero attached hydrogens (tertiary/aromatic N) is 3. The van der Waals surface area contributed by atoms with Crippen molar-refractivity contribution in [3.8, 4) is 6.19 Å². The summed E-state index contributed by atoms with van der Waals surface area (Å²) in [6.45, 7) is 2.72. The van der Waals surface area contributed by atoms with Gasteiger partial charge in [-0.25, -0.2) is 4.39 Å². The maximum atomic E-state index is 13.7. The lowest BCUT2D eigenvalue weighted by Crippen LogP contribution is -2.28. The molecule has 5 heteroatoms. The molecule has 88 valence electrons. The van der Waals surface area contributed by atoms with Gasteiger partial charge in [-0.1, -0.05) is 30.0 Å². The Hall–Kier alpha value is -1.54. The molecule has 0 bridgehead atoms. The zero-order valence-corrected chi connectivity index (χ0v) is 10.2. The first-order chi connectivity index (χ1) is 8.24. The fourth-order valence-electron chi connectivity index (χ4n) is 1.89. The van der Waals surface area contributed by atoms with Gasteiger partial charge in [-0.2, -0.15) is 5.26 Å². The van der Waals surface area contributed by atoms with Gasteiger partial charge in [0, 0.05) is 17.9 Å². The number of halogens is 1. The van der Waals surface area contributed by atoms with Gasteiger partial charge in [0.05, 0.1) is 6.04 Å². The van der Waals surface area contributed by atoms with Gasteiger partial charge < -0.3 is 4.90 Å². The van der Waals surface area contributed by atoms with E-state index in [1.807, 2.05) is 17.9 Å². The summed E-state index contributed by atoms with van der Waals surface area (Å²) in [5.41, 5.74) is 0.639. The van der Waals surface area contributed by atoms with Gasteiger partial charge in [-0.15, -0.1) is 4.99 Å². The first-order valence-electron chi connectivity index (χ1n) is 5.34. The topological polar surface area (TPSA) is 39.4 Å². The second-order valence-electron chi connectivity index (χ2n) is 3.73. The van der Waals surface area contributed by atoms with E-state index in [-0.39, 0.29) is 11.9 Å². The van der Waals surface area contributed by atoms with Crippen molar-refractivity contribution in [2.75, 3.05) is 12.3 Å². The molecule has 0 amide bonds. The normalized spacial score (nSPS) is 19.4. The second-order valence-corrected chi connectivity index (χ2v) is 4.80. The van der Waals surface area contributed by atoms with E-state index in [1.54, 1.807) is 18.3 Å². The molecule has 1 saturated heterocycles. The number of nitriles is 1. The van der Waals surface area contributed by atoms with E-state index in [0.717, 1.165) is 12.3 Å². The smallest absolute Gasteiger partial charge is 0.208 e. The van der Waals surface area contributed by atoms with Crippen LogP contribution in [0.2, 0.25) is 0 Å². The van der Waals surface area contributed by atoms with Crippen molar-refractivity contribution in [2.24, 2.45) is 4.99 Å². The molecule has 0 N–H and O–H groups in total. The molecule has 3 nitrogen and oxygen atoms in total. The Morgan fingerprint density at radius 2 is 2.29 bits per heavy atom. The number of rotatable bonds is 2. The summed E-state index contributed by atoms with van der Waals surface area (Å²) < 4.78 is 13.7. The van der Waals surface area contributed by atoms with Crippen molar-refractivity contribution in [1.82, 2.24) is 4.90 Å². The van der Waals surface area contributed by atoms with Crippen molar-refractivity contribution in [1.29, 1.82) is 5.26 Å². The monoisotopic (exact) mass is 249 g/mol. The highest BCUT2D eigenvalue weighted by molar-refractivity contribution is 8.14. The molecule has 0 aromatic heterocycles. The van der Waals surface area contributed by atoms with E-state index in [9.17, 15) is 4.39 Å². The lowest BCUT2D eigenvalue weighted by molar-refractivity contribution is 0.359. The summed E-state index contributed by atoms with van der Waals surface area (Å²) in [4.78, 5) is 5.73. The van der Waals surface area contributed by atoms with E-state index in [1.165, 1.54) is 17.8 Å². The van der Waals surface area contributed by atoms with Gasteiger partial charge in [0.25, 0.3) is 0 Å². The Morgan fingerprint density at radius 1 is 1.53 bits per heavy atom. The largest absolute Gasteiger partial charge is 0.343 e. The highest BCUT2D eigenvalue weighted by Crippen LogP contribution is 2.29. The lowest BCUT2D eigenvalue weighted by atomic mass is 10.1. The molecule has 1 unspecified atom stereocenters. The lowest BCUT2D eigenvalue weighted by Gasteiger charge is -2.25. The highest BCUT2D eigenvalue weighted by atomic mass is 32.2. The van der Waals surface area contributed by atoms with Gasteiger partial charge in [0.1, 0.15) is 5.82 Å². The van der Waals surface area contributed by atoms with Crippen LogP contribution in [0.4, 0.5) is 4.39 Å². The molecule has 0 spiro atoms. The molecule has 0 radical (unpaired) electrons. The molecule has 1 atom stereocenters. The van der Waals surface area contributed by atoms with Crippen LogP contribution < -0.4 is 0 Å². The maximum Gasteiger partial charge on any atom is 0.208 e.